The molecule has 12 heteroatoms. The van der Waals surface area contributed by atoms with Crippen LogP contribution in [0.4, 0.5) is 18.9 Å². The molecular formula is C19H18ClF3N6O2. The predicted molar refractivity (Wildman–Crippen MR) is 107 cm³/mol. The number of anilines is 1. The molecule has 0 bridgehead atoms. The summed E-state index contributed by atoms with van der Waals surface area (Å²) in [6, 6.07) is 7.32. The third kappa shape index (κ3) is 5.37. The van der Waals surface area contributed by atoms with Gasteiger partial charge in [-0.3, -0.25) is 4.79 Å². The lowest BCUT2D eigenvalue weighted by molar-refractivity contribution is -0.141. The molecule has 0 saturated carbocycles. The minimum absolute atomic E-state index is 0. The number of morpholine rings is 1. The standard InChI is InChI=1S/C19H17F3N6O2.ClH/c20-19(21,22)16-9-25-17(10-24-16)28-11-13(7-26-28)18(29)27-14-3-1-12(2-4-14)15-8-23-5-6-30-15;/h1-4,7,9-11,15,23H,5-6,8H2,(H,27,29);1H. The second-order valence-corrected chi connectivity index (χ2v) is 6.57. The van der Waals surface area contributed by atoms with Crippen molar-refractivity contribution in [3.05, 3.63) is 65.9 Å². The van der Waals surface area contributed by atoms with Crippen LogP contribution in [0.15, 0.2) is 49.1 Å². The van der Waals surface area contributed by atoms with Crippen LogP contribution in [-0.2, 0) is 10.9 Å². The molecule has 1 aliphatic heterocycles. The molecule has 1 aliphatic rings. The van der Waals surface area contributed by atoms with Crippen LogP contribution in [0.5, 0.6) is 0 Å². The number of halogens is 4. The number of aromatic nitrogens is 4. The number of alkyl halides is 3. The predicted octanol–water partition coefficient (Wildman–Crippen LogP) is 3.02. The molecule has 1 aromatic carbocycles. The molecule has 1 unspecified atom stereocenters. The Balaban J connectivity index is 0.00000272. The van der Waals surface area contributed by atoms with Crippen LogP contribution in [0, 0.1) is 0 Å². The van der Waals surface area contributed by atoms with Crippen LogP contribution in [0.25, 0.3) is 5.82 Å². The molecule has 1 amide bonds. The molecule has 0 aliphatic carbocycles. The minimum atomic E-state index is -4.57. The fourth-order valence-electron chi connectivity index (χ4n) is 2.92. The van der Waals surface area contributed by atoms with Crippen molar-refractivity contribution in [2.24, 2.45) is 0 Å². The Morgan fingerprint density at radius 3 is 2.55 bits per heavy atom. The molecule has 3 aromatic rings. The van der Waals surface area contributed by atoms with E-state index in [1.165, 1.54) is 17.1 Å². The number of hydrogen-bond acceptors (Lipinski definition) is 6. The summed E-state index contributed by atoms with van der Waals surface area (Å²) >= 11 is 0. The number of hydrogen-bond donors (Lipinski definition) is 2. The Morgan fingerprint density at radius 2 is 1.94 bits per heavy atom. The fourth-order valence-corrected chi connectivity index (χ4v) is 2.92. The minimum Gasteiger partial charge on any atom is -0.371 e. The zero-order valence-corrected chi connectivity index (χ0v) is 16.8. The van der Waals surface area contributed by atoms with Gasteiger partial charge in [0.05, 0.1) is 36.9 Å². The molecule has 0 radical (unpaired) electrons. The van der Waals surface area contributed by atoms with E-state index in [0.717, 1.165) is 24.8 Å². The number of benzene rings is 1. The summed E-state index contributed by atoms with van der Waals surface area (Å²) in [5.74, 6) is -0.350. The van der Waals surface area contributed by atoms with Gasteiger partial charge in [0.25, 0.3) is 5.91 Å². The van der Waals surface area contributed by atoms with Gasteiger partial charge in [0.1, 0.15) is 0 Å². The smallest absolute Gasteiger partial charge is 0.371 e. The van der Waals surface area contributed by atoms with E-state index < -0.39 is 17.8 Å². The zero-order chi connectivity index (χ0) is 21.1. The third-order valence-electron chi connectivity index (χ3n) is 4.48. The van der Waals surface area contributed by atoms with E-state index in [-0.39, 0.29) is 29.9 Å². The van der Waals surface area contributed by atoms with E-state index in [1.54, 1.807) is 12.1 Å². The first-order valence-corrected chi connectivity index (χ1v) is 9.08. The number of rotatable bonds is 4. The van der Waals surface area contributed by atoms with E-state index >= 15 is 0 Å². The molecule has 1 saturated heterocycles. The normalized spacial score (nSPS) is 16.4. The lowest BCUT2D eigenvalue weighted by Gasteiger charge is -2.24. The number of carbonyl (C=O) groups excluding carboxylic acids is 1. The largest absolute Gasteiger partial charge is 0.434 e. The van der Waals surface area contributed by atoms with Gasteiger partial charge in [-0.1, -0.05) is 12.1 Å². The molecule has 1 atom stereocenters. The first kappa shape index (κ1) is 22.7. The van der Waals surface area contributed by atoms with Crippen molar-refractivity contribution in [1.82, 2.24) is 25.1 Å². The van der Waals surface area contributed by atoms with Crippen LogP contribution in [0.3, 0.4) is 0 Å². The third-order valence-corrected chi connectivity index (χ3v) is 4.48. The van der Waals surface area contributed by atoms with Gasteiger partial charge in [0, 0.05) is 25.0 Å². The lowest BCUT2D eigenvalue weighted by Crippen LogP contribution is -2.33. The van der Waals surface area contributed by atoms with Crippen LogP contribution < -0.4 is 10.6 Å². The molecule has 2 aromatic heterocycles. The van der Waals surface area contributed by atoms with Crippen LogP contribution in [0.1, 0.15) is 27.7 Å². The molecule has 3 heterocycles. The average molecular weight is 455 g/mol. The second-order valence-electron chi connectivity index (χ2n) is 6.57. The molecular weight excluding hydrogens is 437 g/mol. The van der Waals surface area contributed by atoms with Gasteiger partial charge in [0.2, 0.25) is 0 Å². The molecule has 164 valence electrons. The summed E-state index contributed by atoms with van der Waals surface area (Å²) in [6.45, 7) is 2.21. The molecule has 4 rings (SSSR count). The van der Waals surface area contributed by atoms with Crippen molar-refractivity contribution < 1.29 is 22.7 Å². The summed E-state index contributed by atoms with van der Waals surface area (Å²) < 4.78 is 44.6. The van der Waals surface area contributed by atoms with Crippen molar-refractivity contribution in [3.8, 4) is 5.82 Å². The zero-order valence-electron chi connectivity index (χ0n) is 16.0. The Morgan fingerprint density at radius 1 is 1.16 bits per heavy atom. The van der Waals surface area contributed by atoms with Crippen molar-refractivity contribution >= 4 is 24.0 Å². The van der Waals surface area contributed by atoms with Crippen molar-refractivity contribution in [2.75, 3.05) is 25.0 Å². The molecule has 2 N–H and O–H groups in total. The maximum atomic E-state index is 12.6. The van der Waals surface area contributed by atoms with Crippen molar-refractivity contribution in [2.45, 2.75) is 12.3 Å². The number of nitrogens with zero attached hydrogens (tertiary/aromatic N) is 4. The Kier molecular flexibility index (Phi) is 6.88. The van der Waals surface area contributed by atoms with Gasteiger partial charge >= 0.3 is 6.18 Å². The highest BCUT2D eigenvalue weighted by molar-refractivity contribution is 6.03. The molecule has 0 spiro atoms. The van der Waals surface area contributed by atoms with Crippen LogP contribution in [0.2, 0.25) is 0 Å². The first-order valence-electron chi connectivity index (χ1n) is 9.08. The van der Waals surface area contributed by atoms with Crippen LogP contribution >= 0.6 is 12.4 Å². The van der Waals surface area contributed by atoms with E-state index in [2.05, 4.69) is 25.7 Å². The van der Waals surface area contributed by atoms with Crippen molar-refractivity contribution in [1.29, 1.82) is 0 Å². The summed E-state index contributed by atoms with van der Waals surface area (Å²) in [5, 5.41) is 9.97. The van der Waals surface area contributed by atoms with E-state index in [1.807, 2.05) is 12.1 Å². The fraction of sp³-hybridized carbons (Fsp3) is 0.263. The number of amides is 1. The highest BCUT2D eigenvalue weighted by Gasteiger charge is 2.32. The van der Waals surface area contributed by atoms with Gasteiger partial charge < -0.3 is 15.4 Å². The topological polar surface area (TPSA) is 94.0 Å². The second kappa shape index (κ2) is 9.41. The van der Waals surface area contributed by atoms with E-state index in [4.69, 9.17) is 4.74 Å². The van der Waals surface area contributed by atoms with Gasteiger partial charge in [-0.2, -0.15) is 18.3 Å². The lowest BCUT2D eigenvalue weighted by atomic mass is 10.1. The number of carbonyl (C=O) groups is 1. The monoisotopic (exact) mass is 454 g/mol. The maximum Gasteiger partial charge on any atom is 0.434 e. The van der Waals surface area contributed by atoms with Crippen molar-refractivity contribution in [3.63, 3.8) is 0 Å². The molecule has 1 fully saturated rings. The Hall–Kier alpha value is -3.02. The van der Waals surface area contributed by atoms with E-state index in [9.17, 15) is 18.0 Å². The highest BCUT2D eigenvalue weighted by Crippen LogP contribution is 2.26. The Labute approximate surface area is 181 Å². The van der Waals surface area contributed by atoms with Gasteiger partial charge in [-0.05, 0) is 17.7 Å². The summed E-state index contributed by atoms with van der Waals surface area (Å²) in [7, 11) is 0. The number of nitrogens with one attached hydrogen (secondary N) is 2. The SMILES string of the molecule is Cl.O=C(Nc1ccc(C2CNCCO2)cc1)c1cnn(-c2cnc(C(F)(F)F)cn2)c1. The summed E-state index contributed by atoms with van der Waals surface area (Å²) in [5.41, 5.74) is 0.721. The number of ether oxygens (including phenoxy) is 1. The molecule has 8 nitrogen and oxygen atoms in total. The molecule has 31 heavy (non-hydrogen) atoms. The van der Waals surface area contributed by atoms with Gasteiger partial charge in [0.15, 0.2) is 11.5 Å². The van der Waals surface area contributed by atoms with Gasteiger partial charge in [-0.15, -0.1) is 12.4 Å². The highest BCUT2D eigenvalue weighted by atomic mass is 35.5. The quantitative estimate of drug-likeness (QED) is 0.629. The Bertz CT molecular complexity index is 1020. The summed E-state index contributed by atoms with van der Waals surface area (Å²) in [4.78, 5) is 19.5. The summed E-state index contributed by atoms with van der Waals surface area (Å²) in [6.07, 6.45) is -0.378. The van der Waals surface area contributed by atoms with Gasteiger partial charge in [-0.25, -0.2) is 14.6 Å². The van der Waals surface area contributed by atoms with E-state index in [0.29, 0.717) is 18.5 Å². The maximum absolute atomic E-state index is 12.6. The first-order chi connectivity index (χ1) is 14.4. The van der Waals surface area contributed by atoms with Crippen LogP contribution in [-0.4, -0.2) is 45.4 Å². The average Bonchev–Trinajstić information content (AvgIpc) is 3.25.